The van der Waals surface area contributed by atoms with Crippen LogP contribution in [0.5, 0.6) is 0 Å². The van der Waals surface area contributed by atoms with Crippen LogP contribution in [0, 0.1) is 0 Å². The van der Waals surface area contributed by atoms with E-state index in [1.54, 1.807) is 10.7 Å². The van der Waals surface area contributed by atoms with Gasteiger partial charge in [-0.1, -0.05) is 6.07 Å². The summed E-state index contributed by atoms with van der Waals surface area (Å²) in [6.45, 7) is 2.04. The molecular formula is C19H24N6O3S. The average molecular weight is 417 g/mol. The minimum Gasteiger partial charge on any atom is -0.388 e. The standard InChI is InChI=1S/C19H24N6O3S/c20-29(28,17-9-12-10-21-6-7-25(12)23-17)24-19(27)22-18-13-3-1-2-11(13)8-15-14(18)4-5-16(15)26/h8-9,16,21,26H,1-7,10H2,(H3,20,22,24,27,28). The van der Waals surface area contributed by atoms with Crippen molar-refractivity contribution in [2.45, 2.75) is 56.3 Å². The van der Waals surface area contributed by atoms with Crippen LogP contribution in [0.15, 0.2) is 21.5 Å². The number of hydrogen-bond donors (Lipinski definition) is 4. The van der Waals surface area contributed by atoms with Crippen molar-refractivity contribution in [3.8, 4) is 0 Å². The van der Waals surface area contributed by atoms with Gasteiger partial charge in [-0.2, -0.15) is 5.10 Å². The predicted molar refractivity (Wildman–Crippen MR) is 108 cm³/mol. The summed E-state index contributed by atoms with van der Waals surface area (Å²) in [5, 5.41) is 26.6. The van der Waals surface area contributed by atoms with Gasteiger partial charge in [0.15, 0.2) is 14.9 Å². The molecule has 1 aliphatic heterocycles. The molecule has 2 unspecified atom stereocenters. The largest absolute Gasteiger partial charge is 0.388 e. The number of benzene rings is 1. The number of carbonyl (C=O) groups is 1. The summed E-state index contributed by atoms with van der Waals surface area (Å²) >= 11 is 0. The van der Waals surface area contributed by atoms with E-state index in [1.807, 2.05) is 0 Å². The van der Waals surface area contributed by atoms with Gasteiger partial charge in [-0.3, -0.25) is 4.68 Å². The molecule has 154 valence electrons. The smallest absolute Gasteiger partial charge is 0.354 e. The van der Waals surface area contributed by atoms with Crippen LogP contribution in [0.1, 0.15) is 46.9 Å². The third kappa shape index (κ3) is 3.25. The second-order valence-corrected chi connectivity index (χ2v) is 9.57. The minimum absolute atomic E-state index is 0.116. The molecule has 29 heavy (non-hydrogen) atoms. The van der Waals surface area contributed by atoms with Crippen molar-refractivity contribution < 1.29 is 14.1 Å². The topological polar surface area (TPSA) is 135 Å². The maximum atomic E-state index is 12.9. The van der Waals surface area contributed by atoms with Gasteiger partial charge in [-0.25, -0.2) is 14.1 Å². The van der Waals surface area contributed by atoms with Gasteiger partial charge in [-0.15, -0.1) is 4.36 Å². The molecule has 2 atom stereocenters. The third-order valence-corrected chi connectivity index (χ3v) is 7.20. The second-order valence-electron chi connectivity index (χ2n) is 7.83. The minimum atomic E-state index is -3.46. The molecule has 2 heterocycles. The van der Waals surface area contributed by atoms with Crippen molar-refractivity contribution >= 4 is 21.6 Å². The monoisotopic (exact) mass is 416 g/mol. The predicted octanol–water partition coefficient (Wildman–Crippen LogP) is 1.39. The highest BCUT2D eigenvalue weighted by Crippen LogP contribution is 2.42. The number of aryl methyl sites for hydroxylation is 1. The van der Waals surface area contributed by atoms with E-state index in [1.165, 1.54) is 0 Å². The Balaban J connectivity index is 1.47. The molecule has 0 saturated carbocycles. The summed E-state index contributed by atoms with van der Waals surface area (Å²) < 4.78 is 18.5. The lowest BCUT2D eigenvalue weighted by atomic mass is 9.98. The highest BCUT2D eigenvalue weighted by atomic mass is 32.2. The van der Waals surface area contributed by atoms with Gasteiger partial charge in [0, 0.05) is 18.8 Å². The van der Waals surface area contributed by atoms with Gasteiger partial charge in [0.2, 0.25) is 0 Å². The van der Waals surface area contributed by atoms with Crippen molar-refractivity contribution in [3.63, 3.8) is 0 Å². The average Bonchev–Trinajstić information content (AvgIpc) is 3.40. The number of nitrogens with two attached hydrogens (primary N) is 1. The van der Waals surface area contributed by atoms with Gasteiger partial charge >= 0.3 is 6.03 Å². The summed E-state index contributed by atoms with van der Waals surface area (Å²) in [5.74, 6) is 0. The van der Waals surface area contributed by atoms with Gasteiger partial charge in [0.1, 0.15) is 0 Å². The van der Waals surface area contributed by atoms with Crippen LogP contribution in [-0.4, -0.2) is 31.7 Å². The highest BCUT2D eigenvalue weighted by Gasteiger charge is 2.29. The molecule has 0 saturated heterocycles. The van der Waals surface area contributed by atoms with Crippen LogP contribution in [0.4, 0.5) is 10.5 Å². The first-order valence-corrected chi connectivity index (χ1v) is 11.5. The highest BCUT2D eigenvalue weighted by molar-refractivity contribution is 7.91. The fourth-order valence-electron chi connectivity index (χ4n) is 4.58. The molecule has 0 bridgehead atoms. The van der Waals surface area contributed by atoms with Gasteiger partial charge in [0.25, 0.3) is 0 Å². The summed E-state index contributed by atoms with van der Waals surface area (Å²) in [5.41, 5.74) is 5.66. The van der Waals surface area contributed by atoms with Crippen LogP contribution in [0.25, 0.3) is 0 Å². The Morgan fingerprint density at radius 3 is 3.03 bits per heavy atom. The van der Waals surface area contributed by atoms with Crippen molar-refractivity contribution in [1.29, 1.82) is 0 Å². The molecular weight excluding hydrogens is 392 g/mol. The van der Waals surface area contributed by atoms with E-state index in [0.29, 0.717) is 31.6 Å². The number of hydrogen-bond acceptors (Lipinski definition) is 5. The first-order valence-electron chi connectivity index (χ1n) is 9.91. The van der Waals surface area contributed by atoms with Crippen molar-refractivity contribution in [3.05, 3.63) is 40.1 Å². The number of aliphatic hydroxyl groups excluding tert-OH is 1. The Kier molecular flexibility index (Phi) is 4.46. The number of nitrogens with zero attached hydrogens (tertiary/aromatic N) is 3. The van der Waals surface area contributed by atoms with Gasteiger partial charge < -0.3 is 15.7 Å². The fraction of sp³-hybridized carbons (Fsp3) is 0.474. The van der Waals surface area contributed by atoms with Crippen molar-refractivity contribution in [1.82, 2.24) is 15.1 Å². The van der Waals surface area contributed by atoms with Crippen LogP contribution < -0.4 is 15.8 Å². The Bertz CT molecular complexity index is 1110. The number of carbonyl (C=O) groups excluding carboxylic acids is 1. The molecule has 0 radical (unpaired) electrons. The summed E-state index contributed by atoms with van der Waals surface area (Å²) in [6.07, 6.45) is 3.63. The Morgan fingerprint density at radius 2 is 2.21 bits per heavy atom. The van der Waals surface area contributed by atoms with E-state index in [0.717, 1.165) is 53.8 Å². The number of aromatic nitrogens is 2. The molecule has 2 amide bonds. The maximum absolute atomic E-state index is 12.9. The van der Waals surface area contributed by atoms with Crippen LogP contribution in [0.2, 0.25) is 0 Å². The van der Waals surface area contributed by atoms with E-state index in [-0.39, 0.29) is 5.03 Å². The lowest BCUT2D eigenvalue weighted by molar-refractivity contribution is 0.180. The number of anilines is 1. The molecule has 3 aliphatic rings. The van der Waals surface area contributed by atoms with Crippen LogP contribution in [0.3, 0.4) is 0 Å². The third-order valence-electron chi connectivity index (χ3n) is 5.97. The molecule has 0 spiro atoms. The number of urea groups is 1. The summed E-state index contributed by atoms with van der Waals surface area (Å²) in [7, 11) is -3.46. The zero-order chi connectivity index (χ0) is 20.2. The van der Waals surface area contributed by atoms with Crippen LogP contribution >= 0.6 is 0 Å². The van der Waals surface area contributed by atoms with E-state index in [2.05, 4.69) is 26.2 Å². The molecule has 5 rings (SSSR count). The number of fused-ring (bicyclic) bond motifs is 3. The maximum Gasteiger partial charge on any atom is 0.354 e. The van der Waals surface area contributed by atoms with E-state index in [4.69, 9.17) is 5.14 Å². The van der Waals surface area contributed by atoms with E-state index >= 15 is 0 Å². The number of rotatable bonds is 2. The molecule has 10 heteroatoms. The lowest BCUT2D eigenvalue weighted by Gasteiger charge is -2.15. The van der Waals surface area contributed by atoms with E-state index in [9.17, 15) is 14.1 Å². The summed E-state index contributed by atoms with van der Waals surface area (Å²) in [6, 6.07) is 2.96. The Hall–Kier alpha value is -2.27. The normalized spacial score (nSPS) is 21.8. The van der Waals surface area contributed by atoms with Crippen molar-refractivity contribution in [2.75, 3.05) is 11.9 Å². The van der Waals surface area contributed by atoms with Gasteiger partial charge in [0.05, 0.1) is 18.3 Å². The number of aliphatic hydroxyl groups is 1. The molecule has 0 fully saturated rings. The lowest BCUT2D eigenvalue weighted by Crippen LogP contribution is -2.28. The first-order chi connectivity index (χ1) is 13.9. The molecule has 2 aliphatic carbocycles. The molecule has 9 nitrogen and oxygen atoms in total. The molecule has 1 aromatic heterocycles. The zero-order valence-corrected chi connectivity index (χ0v) is 16.8. The number of amides is 2. The Labute approximate surface area is 169 Å². The van der Waals surface area contributed by atoms with Gasteiger partial charge in [-0.05, 0) is 60.4 Å². The molecule has 1 aromatic carbocycles. The summed E-state index contributed by atoms with van der Waals surface area (Å²) in [4.78, 5) is 12.7. The van der Waals surface area contributed by atoms with E-state index < -0.39 is 22.1 Å². The van der Waals surface area contributed by atoms with Crippen molar-refractivity contribution in [2.24, 2.45) is 9.50 Å². The zero-order valence-electron chi connectivity index (χ0n) is 16.0. The molecule has 5 N–H and O–H groups in total. The molecule has 2 aromatic rings. The quantitative estimate of drug-likeness (QED) is 0.587. The van der Waals surface area contributed by atoms with Crippen LogP contribution in [-0.2, 0) is 42.3 Å². The second kappa shape index (κ2) is 6.91. The fourth-order valence-corrected chi connectivity index (χ4v) is 5.48. The Morgan fingerprint density at radius 1 is 1.34 bits per heavy atom. The first kappa shape index (κ1) is 18.7. The SMILES string of the molecule is NS(=O)(=NC(=O)Nc1c2c(cc3c1CCC3O)CCC2)c1cc2n(n1)CCNC2. The number of nitrogens with one attached hydrogen (secondary N) is 2.